The van der Waals surface area contributed by atoms with Gasteiger partial charge in [0.1, 0.15) is 12.0 Å². The van der Waals surface area contributed by atoms with Crippen molar-refractivity contribution in [2.24, 2.45) is 5.73 Å². The van der Waals surface area contributed by atoms with Crippen LogP contribution < -0.4 is 5.73 Å². The maximum Gasteiger partial charge on any atom is 0.269 e. The molecule has 0 saturated heterocycles. The van der Waals surface area contributed by atoms with E-state index >= 15 is 0 Å². The lowest BCUT2D eigenvalue weighted by molar-refractivity contribution is 0.0994. The van der Waals surface area contributed by atoms with E-state index in [9.17, 15) is 4.79 Å². The predicted molar refractivity (Wildman–Crippen MR) is 68.6 cm³/mol. The van der Waals surface area contributed by atoms with Crippen molar-refractivity contribution in [3.05, 3.63) is 29.3 Å². The van der Waals surface area contributed by atoms with E-state index in [-0.39, 0.29) is 0 Å². The minimum absolute atomic E-state index is 0.346. The van der Waals surface area contributed by atoms with E-state index in [0.717, 1.165) is 35.4 Å². The molecule has 0 saturated carbocycles. The molecule has 0 aromatic carbocycles. The van der Waals surface area contributed by atoms with Gasteiger partial charge >= 0.3 is 0 Å². The van der Waals surface area contributed by atoms with Gasteiger partial charge in [0.2, 0.25) is 0 Å². The maximum absolute atomic E-state index is 11.3. The van der Waals surface area contributed by atoms with Crippen molar-refractivity contribution >= 4 is 28.8 Å². The molecule has 2 aromatic rings. The van der Waals surface area contributed by atoms with Crippen LogP contribution in [0.1, 0.15) is 21.6 Å². The van der Waals surface area contributed by atoms with E-state index in [2.05, 4.69) is 15.1 Å². The van der Waals surface area contributed by atoms with Crippen LogP contribution >= 0.6 is 22.9 Å². The Bertz CT molecular complexity index is 621. The van der Waals surface area contributed by atoms with E-state index in [4.69, 9.17) is 5.73 Å². The van der Waals surface area contributed by atoms with Gasteiger partial charge in [-0.1, -0.05) is 0 Å². The van der Waals surface area contributed by atoms with Crippen molar-refractivity contribution in [3.8, 4) is 11.4 Å². The summed E-state index contributed by atoms with van der Waals surface area (Å²) in [4.78, 5) is 19.6. The molecule has 0 atom stereocenters. The Hall–Kier alpha value is -1.51. The fourth-order valence-corrected chi connectivity index (χ4v) is 2.84. The average Bonchev–Trinajstić information content (AvgIpc) is 2.67. The molecule has 0 fully saturated rings. The molecule has 0 unspecified atom stereocenters. The van der Waals surface area contributed by atoms with Gasteiger partial charge in [-0.3, -0.25) is 4.79 Å². The summed E-state index contributed by atoms with van der Waals surface area (Å²) in [7, 11) is 0. The van der Waals surface area contributed by atoms with Crippen LogP contribution in [0.15, 0.2) is 12.5 Å². The first-order chi connectivity index (χ1) is 8.18. The molecule has 6 nitrogen and oxygen atoms in total. The zero-order valence-corrected chi connectivity index (χ0v) is 10.9. The first-order valence-electron chi connectivity index (χ1n) is 5.05. The Morgan fingerprint density at radius 1 is 1.47 bits per heavy atom. The van der Waals surface area contributed by atoms with Crippen molar-refractivity contribution in [2.75, 3.05) is 0 Å². The Morgan fingerprint density at radius 2 is 2.29 bits per heavy atom. The molecule has 1 aliphatic rings. The standard InChI is InChI=1S/C10H8IN5O/c11-16-9-6(8(15-16)10(12)17)2-1-5-3-13-4-14-7(5)9/h3-4H,1-2H2,(H2,12,17). The predicted octanol–water partition coefficient (Wildman–Crippen LogP) is 0.736. The molecule has 86 valence electrons. The average molecular weight is 341 g/mol. The molecule has 0 radical (unpaired) electrons. The number of amides is 1. The molecule has 3 rings (SSSR count). The molecule has 1 aliphatic carbocycles. The number of aromatic nitrogens is 4. The van der Waals surface area contributed by atoms with E-state index in [1.807, 2.05) is 22.9 Å². The van der Waals surface area contributed by atoms with Crippen LogP contribution in [0, 0.1) is 0 Å². The number of aryl methyl sites for hydroxylation is 1. The summed E-state index contributed by atoms with van der Waals surface area (Å²) in [6.45, 7) is 0. The van der Waals surface area contributed by atoms with E-state index in [1.165, 1.54) is 6.33 Å². The van der Waals surface area contributed by atoms with Crippen LogP contribution in [0.25, 0.3) is 11.4 Å². The second-order valence-electron chi connectivity index (χ2n) is 3.80. The van der Waals surface area contributed by atoms with Crippen molar-refractivity contribution in [1.82, 2.24) is 18.0 Å². The van der Waals surface area contributed by atoms with Crippen LogP contribution in [0.2, 0.25) is 0 Å². The quantitative estimate of drug-likeness (QED) is 0.775. The van der Waals surface area contributed by atoms with Crippen LogP contribution in [0.4, 0.5) is 0 Å². The third-order valence-corrected chi connectivity index (χ3v) is 3.53. The summed E-state index contributed by atoms with van der Waals surface area (Å²) in [5.74, 6) is -0.492. The van der Waals surface area contributed by atoms with Gasteiger partial charge in [-0.15, -0.1) is 0 Å². The van der Waals surface area contributed by atoms with Crippen LogP contribution in [-0.2, 0) is 12.8 Å². The first kappa shape index (κ1) is 10.6. The largest absolute Gasteiger partial charge is 0.364 e. The van der Waals surface area contributed by atoms with Crippen molar-refractivity contribution in [2.45, 2.75) is 12.8 Å². The minimum Gasteiger partial charge on any atom is -0.364 e. The Labute approximate surface area is 111 Å². The topological polar surface area (TPSA) is 86.7 Å². The fourth-order valence-electron chi connectivity index (χ4n) is 2.10. The van der Waals surface area contributed by atoms with Crippen molar-refractivity contribution < 1.29 is 4.79 Å². The molecule has 1 amide bonds. The SMILES string of the molecule is NC(=O)c1nn(I)c2c1CCc1cncnc1-2. The van der Waals surface area contributed by atoms with Gasteiger partial charge in [0.25, 0.3) is 5.91 Å². The third-order valence-electron chi connectivity index (χ3n) is 2.83. The van der Waals surface area contributed by atoms with Crippen LogP contribution in [0.3, 0.4) is 0 Å². The molecular weight excluding hydrogens is 333 g/mol. The Morgan fingerprint density at radius 3 is 3.06 bits per heavy atom. The molecule has 0 spiro atoms. The van der Waals surface area contributed by atoms with Crippen LogP contribution in [0.5, 0.6) is 0 Å². The molecule has 0 aliphatic heterocycles. The summed E-state index contributed by atoms with van der Waals surface area (Å²) in [6.07, 6.45) is 4.86. The number of halogens is 1. The second-order valence-corrected chi connectivity index (χ2v) is 4.71. The smallest absolute Gasteiger partial charge is 0.269 e. The number of nitrogens with two attached hydrogens (primary N) is 1. The number of primary amides is 1. The number of nitrogens with zero attached hydrogens (tertiary/aromatic N) is 4. The molecule has 17 heavy (non-hydrogen) atoms. The summed E-state index contributed by atoms with van der Waals surface area (Å²) < 4.78 is 1.64. The van der Waals surface area contributed by atoms with Crippen molar-refractivity contribution in [3.63, 3.8) is 0 Å². The molecule has 2 aromatic heterocycles. The number of carbonyl (C=O) groups excluding carboxylic acids is 1. The van der Waals surface area contributed by atoms with E-state index < -0.39 is 5.91 Å². The molecule has 0 bridgehead atoms. The lowest BCUT2D eigenvalue weighted by Gasteiger charge is -2.14. The lowest BCUT2D eigenvalue weighted by Crippen LogP contribution is -2.15. The highest BCUT2D eigenvalue weighted by Crippen LogP contribution is 2.34. The van der Waals surface area contributed by atoms with Gasteiger partial charge in [0.05, 0.1) is 28.6 Å². The van der Waals surface area contributed by atoms with E-state index in [0.29, 0.717) is 5.69 Å². The molecular formula is C10H8IN5O. The first-order valence-corrected chi connectivity index (χ1v) is 6.02. The minimum atomic E-state index is -0.492. The Kier molecular flexibility index (Phi) is 2.35. The monoisotopic (exact) mass is 341 g/mol. The van der Waals surface area contributed by atoms with E-state index in [1.54, 1.807) is 9.09 Å². The van der Waals surface area contributed by atoms with Gasteiger partial charge < -0.3 is 5.73 Å². The summed E-state index contributed by atoms with van der Waals surface area (Å²) in [5, 5.41) is 4.16. The number of hydrogen-bond donors (Lipinski definition) is 1. The number of hydrogen-bond acceptors (Lipinski definition) is 4. The normalized spacial score (nSPS) is 13.0. The lowest BCUT2D eigenvalue weighted by atomic mass is 9.93. The van der Waals surface area contributed by atoms with Gasteiger partial charge in [0, 0.05) is 11.8 Å². The number of fused-ring (bicyclic) bond motifs is 3. The fraction of sp³-hybridized carbons (Fsp3) is 0.200. The highest BCUT2D eigenvalue weighted by atomic mass is 127. The second kappa shape index (κ2) is 3.76. The van der Waals surface area contributed by atoms with Gasteiger partial charge in [-0.25, -0.2) is 12.9 Å². The number of carbonyl (C=O) groups is 1. The van der Waals surface area contributed by atoms with Crippen molar-refractivity contribution in [1.29, 1.82) is 0 Å². The van der Waals surface area contributed by atoms with Crippen LogP contribution in [-0.4, -0.2) is 23.9 Å². The van der Waals surface area contributed by atoms with Gasteiger partial charge in [-0.2, -0.15) is 5.10 Å². The molecule has 2 heterocycles. The molecule has 2 N–H and O–H groups in total. The zero-order chi connectivity index (χ0) is 12.0. The maximum atomic E-state index is 11.3. The van der Waals surface area contributed by atoms with Gasteiger partial charge in [-0.05, 0) is 18.4 Å². The highest BCUT2D eigenvalue weighted by Gasteiger charge is 2.27. The highest BCUT2D eigenvalue weighted by molar-refractivity contribution is 14.1. The molecule has 7 heteroatoms. The summed E-state index contributed by atoms with van der Waals surface area (Å²) in [6, 6.07) is 0. The Balaban J connectivity index is 2.30. The summed E-state index contributed by atoms with van der Waals surface area (Å²) in [5.41, 5.74) is 9.34. The number of rotatable bonds is 1. The van der Waals surface area contributed by atoms with Gasteiger partial charge in [0.15, 0.2) is 5.69 Å². The zero-order valence-electron chi connectivity index (χ0n) is 8.72. The third kappa shape index (κ3) is 1.53. The summed E-state index contributed by atoms with van der Waals surface area (Å²) >= 11 is 2.03.